The zero-order valence-electron chi connectivity index (χ0n) is 5.78. The van der Waals surface area contributed by atoms with Gasteiger partial charge in [0.25, 0.3) is 5.88 Å². The minimum atomic E-state index is 0.252. The number of isocyanates is 1. The minimum absolute atomic E-state index is 0.252. The fraction of sp³-hybridized carbons (Fsp3) is 0.429. The van der Waals surface area contributed by atoms with E-state index in [4.69, 9.17) is 4.52 Å². The second kappa shape index (κ2) is 2.32. The molecule has 4 nitrogen and oxygen atoms in total. The van der Waals surface area contributed by atoms with Crippen LogP contribution in [0.2, 0.25) is 0 Å². The summed E-state index contributed by atoms with van der Waals surface area (Å²) >= 11 is 0. The molecule has 1 aliphatic carbocycles. The van der Waals surface area contributed by atoms with Crippen LogP contribution in [0.25, 0.3) is 0 Å². The minimum Gasteiger partial charge on any atom is -0.335 e. The largest absolute Gasteiger partial charge is 0.335 e. The van der Waals surface area contributed by atoms with Crippen molar-refractivity contribution < 1.29 is 9.32 Å². The van der Waals surface area contributed by atoms with Crippen molar-refractivity contribution in [2.24, 2.45) is 4.99 Å². The molecule has 2 rings (SSSR count). The first-order chi connectivity index (χ1) is 5.40. The lowest BCUT2D eigenvalue weighted by atomic mass is 10.3. The molecule has 1 saturated carbocycles. The Morgan fingerprint density at radius 3 is 3.18 bits per heavy atom. The average Bonchev–Trinajstić information content (AvgIpc) is 2.75. The van der Waals surface area contributed by atoms with Crippen LogP contribution in [0.1, 0.15) is 24.5 Å². The van der Waals surface area contributed by atoms with Crippen LogP contribution in [0, 0.1) is 0 Å². The van der Waals surface area contributed by atoms with Crippen molar-refractivity contribution in [1.82, 2.24) is 5.16 Å². The first-order valence-electron chi connectivity index (χ1n) is 3.44. The molecule has 4 heteroatoms. The zero-order chi connectivity index (χ0) is 7.68. The lowest BCUT2D eigenvalue weighted by Crippen LogP contribution is -1.73. The van der Waals surface area contributed by atoms with Gasteiger partial charge < -0.3 is 4.52 Å². The maximum Gasteiger partial charge on any atom is 0.261 e. The highest BCUT2D eigenvalue weighted by Crippen LogP contribution is 2.40. The van der Waals surface area contributed by atoms with E-state index in [1.807, 2.05) is 0 Å². The van der Waals surface area contributed by atoms with Crippen molar-refractivity contribution in [3.05, 3.63) is 11.8 Å². The van der Waals surface area contributed by atoms with Crippen LogP contribution in [-0.2, 0) is 4.79 Å². The molecular formula is C7H6N2O2. The van der Waals surface area contributed by atoms with Gasteiger partial charge in [-0.05, 0) is 12.8 Å². The Balaban J connectivity index is 2.24. The van der Waals surface area contributed by atoms with E-state index in [0.29, 0.717) is 5.92 Å². The van der Waals surface area contributed by atoms with Crippen LogP contribution >= 0.6 is 0 Å². The maximum absolute atomic E-state index is 9.79. The zero-order valence-corrected chi connectivity index (χ0v) is 5.78. The van der Waals surface area contributed by atoms with Crippen molar-refractivity contribution >= 4 is 12.0 Å². The van der Waals surface area contributed by atoms with Crippen molar-refractivity contribution in [3.8, 4) is 0 Å². The summed E-state index contributed by atoms with van der Waals surface area (Å²) in [4.78, 5) is 13.1. The quantitative estimate of drug-likeness (QED) is 0.474. The van der Waals surface area contributed by atoms with Crippen LogP contribution < -0.4 is 0 Å². The third-order valence-corrected chi connectivity index (χ3v) is 1.67. The summed E-state index contributed by atoms with van der Waals surface area (Å²) in [7, 11) is 0. The van der Waals surface area contributed by atoms with Crippen LogP contribution in [-0.4, -0.2) is 11.2 Å². The standard InChI is InChI=1S/C7H6N2O2/c10-4-8-7-3-6(9-11-7)5-1-2-5/h3,5H,1-2H2. The molecule has 1 fully saturated rings. The smallest absolute Gasteiger partial charge is 0.261 e. The summed E-state index contributed by atoms with van der Waals surface area (Å²) in [5.41, 5.74) is 0.902. The fourth-order valence-electron chi connectivity index (χ4n) is 0.948. The van der Waals surface area contributed by atoms with E-state index in [1.54, 1.807) is 6.07 Å². The van der Waals surface area contributed by atoms with Crippen molar-refractivity contribution in [2.45, 2.75) is 18.8 Å². The first kappa shape index (κ1) is 6.31. The molecule has 0 radical (unpaired) electrons. The van der Waals surface area contributed by atoms with Crippen molar-refractivity contribution in [1.29, 1.82) is 0 Å². The number of hydrogen-bond acceptors (Lipinski definition) is 4. The van der Waals surface area contributed by atoms with Gasteiger partial charge >= 0.3 is 0 Å². The van der Waals surface area contributed by atoms with Crippen LogP contribution in [0.4, 0.5) is 5.88 Å². The Hall–Kier alpha value is -1.41. The fourth-order valence-corrected chi connectivity index (χ4v) is 0.948. The number of aliphatic imine (C=N–C) groups is 1. The third-order valence-electron chi connectivity index (χ3n) is 1.67. The van der Waals surface area contributed by atoms with Gasteiger partial charge in [0.15, 0.2) is 0 Å². The van der Waals surface area contributed by atoms with E-state index in [9.17, 15) is 4.79 Å². The summed E-state index contributed by atoms with van der Waals surface area (Å²) in [6.45, 7) is 0. The molecule has 0 N–H and O–H groups in total. The van der Waals surface area contributed by atoms with Gasteiger partial charge in [0.05, 0.1) is 5.69 Å². The lowest BCUT2D eigenvalue weighted by molar-refractivity contribution is 0.421. The SMILES string of the molecule is O=C=Nc1cc(C2CC2)no1. The van der Waals surface area contributed by atoms with Gasteiger partial charge in [0.2, 0.25) is 6.08 Å². The average molecular weight is 150 g/mol. The molecule has 0 aromatic carbocycles. The van der Waals surface area contributed by atoms with Crippen LogP contribution in [0.5, 0.6) is 0 Å². The highest BCUT2D eigenvalue weighted by Gasteiger charge is 2.26. The van der Waals surface area contributed by atoms with E-state index in [1.165, 1.54) is 6.08 Å². The van der Waals surface area contributed by atoms with E-state index in [-0.39, 0.29) is 5.88 Å². The molecule has 11 heavy (non-hydrogen) atoms. The molecular weight excluding hydrogens is 144 g/mol. The highest BCUT2D eigenvalue weighted by molar-refractivity contribution is 5.43. The summed E-state index contributed by atoms with van der Waals surface area (Å²) < 4.78 is 4.73. The van der Waals surface area contributed by atoms with E-state index in [2.05, 4.69) is 10.1 Å². The summed E-state index contributed by atoms with van der Waals surface area (Å²) in [6.07, 6.45) is 3.72. The Labute approximate surface area is 62.9 Å². The molecule has 0 atom stereocenters. The summed E-state index contributed by atoms with van der Waals surface area (Å²) in [6, 6.07) is 1.68. The molecule has 0 spiro atoms. The predicted molar refractivity (Wildman–Crippen MR) is 36.3 cm³/mol. The molecule has 0 unspecified atom stereocenters. The Morgan fingerprint density at radius 1 is 1.73 bits per heavy atom. The Bertz CT molecular complexity index is 308. The second-order valence-electron chi connectivity index (χ2n) is 2.57. The maximum atomic E-state index is 9.79. The van der Waals surface area contributed by atoms with E-state index in [0.717, 1.165) is 18.5 Å². The molecule has 56 valence electrons. The van der Waals surface area contributed by atoms with Crippen molar-refractivity contribution in [2.75, 3.05) is 0 Å². The van der Waals surface area contributed by atoms with E-state index < -0.39 is 0 Å². The molecule has 0 aliphatic heterocycles. The van der Waals surface area contributed by atoms with Gasteiger partial charge in [-0.3, -0.25) is 0 Å². The lowest BCUT2D eigenvalue weighted by Gasteiger charge is -1.78. The summed E-state index contributed by atoms with van der Waals surface area (Å²) in [5, 5.41) is 3.75. The number of hydrogen-bond donors (Lipinski definition) is 0. The molecule has 1 heterocycles. The molecule has 1 aromatic rings. The number of carbonyl (C=O) groups excluding carboxylic acids is 1. The molecule has 0 bridgehead atoms. The normalized spacial score (nSPS) is 16.0. The number of aromatic nitrogens is 1. The van der Waals surface area contributed by atoms with Gasteiger partial charge in [0.1, 0.15) is 0 Å². The first-order valence-corrected chi connectivity index (χ1v) is 3.44. The Morgan fingerprint density at radius 2 is 2.55 bits per heavy atom. The van der Waals surface area contributed by atoms with Crippen molar-refractivity contribution in [3.63, 3.8) is 0 Å². The molecule has 1 aromatic heterocycles. The topological polar surface area (TPSA) is 55.5 Å². The van der Waals surface area contributed by atoms with Crippen LogP contribution in [0.3, 0.4) is 0 Å². The van der Waals surface area contributed by atoms with Gasteiger partial charge in [-0.2, -0.15) is 0 Å². The summed E-state index contributed by atoms with van der Waals surface area (Å²) in [5.74, 6) is 0.788. The number of nitrogens with zero attached hydrogens (tertiary/aromatic N) is 2. The van der Waals surface area contributed by atoms with Gasteiger partial charge in [-0.15, -0.1) is 4.99 Å². The highest BCUT2D eigenvalue weighted by atomic mass is 16.5. The molecule has 0 amide bonds. The predicted octanol–water partition coefficient (Wildman–Crippen LogP) is 1.52. The van der Waals surface area contributed by atoms with Gasteiger partial charge in [0, 0.05) is 12.0 Å². The monoisotopic (exact) mass is 150 g/mol. The Kier molecular flexibility index (Phi) is 1.33. The van der Waals surface area contributed by atoms with Crippen LogP contribution in [0.15, 0.2) is 15.6 Å². The third kappa shape index (κ3) is 1.21. The molecule has 0 saturated heterocycles. The van der Waals surface area contributed by atoms with E-state index >= 15 is 0 Å². The number of rotatable bonds is 2. The second-order valence-corrected chi connectivity index (χ2v) is 2.57. The van der Waals surface area contributed by atoms with Gasteiger partial charge in [-0.25, -0.2) is 4.79 Å². The van der Waals surface area contributed by atoms with Gasteiger partial charge in [-0.1, -0.05) is 5.16 Å². The molecule has 1 aliphatic rings.